The number of hydrogen-bond acceptors (Lipinski definition) is 2. The molecule has 3 nitrogen and oxygen atoms in total. The van der Waals surface area contributed by atoms with E-state index in [2.05, 4.69) is 21.2 Å². The second kappa shape index (κ2) is 6.99. The molecule has 1 aromatic carbocycles. The minimum atomic E-state index is -0.157. The summed E-state index contributed by atoms with van der Waals surface area (Å²) in [4.78, 5) is 11.9. The number of nitrogens with two attached hydrogens (primary N) is 1. The number of carbonyl (C=O) groups excluding carboxylic acids is 1. The Hall–Kier alpha value is -0.580. The summed E-state index contributed by atoms with van der Waals surface area (Å²) in [5.41, 5.74) is 6.19. The van der Waals surface area contributed by atoms with Crippen molar-refractivity contribution in [1.29, 1.82) is 0 Å². The van der Waals surface area contributed by atoms with Crippen molar-refractivity contribution in [3.8, 4) is 0 Å². The second-order valence-electron chi connectivity index (χ2n) is 3.83. The molecule has 0 saturated heterocycles. The van der Waals surface area contributed by atoms with Gasteiger partial charge in [0.05, 0.1) is 16.6 Å². The third kappa shape index (κ3) is 4.30. The van der Waals surface area contributed by atoms with Crippen molar-refractivity contribution in [2.45, 2.75) is 19.8 Å². The highest BCUT2D eigenvalue weighted by molar-refractivity contribution is 9.10. The maximum absolute atomic E-state index is 11.9. The molecule has 1 unspecified atom stereocenters. The quantitative estimate of drug-likeness (QED) is 0.873. The van der Waals surface area contributed by atoms with Crippen molar-refractivity contribution in [3.63, 3.8) is 0 Å². The van der Waals surface area contributed by atoms with Crippen LogP contribution in [0.2, 0.25) is 5.02 Å². The Bertz CT molecular complexity index is 398. The van der Waals surface area contributed by atoms with Gasteiger partial charge in [0.1, 0.15) is 0 Å². The van der Waals surface area contributed by atoms with Gasteiger partial charge < -0.3 is 11.1 Å². The van der Waals surface area contributed by atoms with Crippen LogP contribution in [0.25, 0.3) is 0 Å². The lowest BCUT2D eigenvalue weighted by Gasteiger charge is -2.14. The fourth-order valence-corrected chi connectivity index (χ4v) is 2.06. The maximum Gasteiger partial charge on any atom is 0.228 e. The van der Waals surface area contributed by atoms with Crippen molar-refractivity contribution in [3.05, 3.63) is 27.7 Å². The molecule has 0 aromatic heterocycles. The molecule has 1 aromatic rings. The first kappa shape index (κ1) is 14.5. The van der Waals surface area contributed by atoms with Gasteiger partial charge in [-0.2, -0.15) is 0 Å². The summed E-state index contributed by atoms with van der Waals surface area (Å²) < 4.78 is 0.872. The van der Waals surface area contributed by atoms with E-state index in [0.717, 1.165) is 17.3 Å². The standard InChI is InChI=1S/C12H16BrClN2O/c1-2-3-8(7-15)12(17)16-11-6-9(13)4-5-10(11)14/h4-6,8H,2-3,7,15H2,1H3,(H,16,17). The first-order chi connectivity index (χ1) is 8.08. The second-order valence-corrected chi connectivity index (χ2v) is 5.16. The summed E-state index contributed by atoms with van der Waals surface area (Å²) in [6.45, 7) is 2.38. The largest absolute Gasteiger partial charge is 0.330 e. The predicted octanol–water partition coefficient (Wildman–Crippen LogP) is 3.42. The van der Waals surface area contributed by atoms with E-state index in [0.29, 0.717) is 17.3 Å². The van der Waals surface area contributed by atoms with Gasteiger partial charge in [-0.05, 0) is 24.6 Å². The van der Waals surface area contributed by atoms with E-state index >= 15 is 0 Å². The van der Waals surface area contributed by atoms with Crippen LogP contribution < -0.4 is 11.1 Å². The van der Waals surface area contributed by atoms with Crippen molar-refractivity contribution >= 4 is 39.1 Å². The number of nitrogens with one attached hydrogen (secondary N) is 1. The van der Waals surface area contributed by atoms with Gasteiger partial charge in [-0.15, -0.1) is 0 Å². The molecule has 0 heterocycles. The number of halogens is 2. The van der Waals surface area contributed by atoms with E-state index in [4.69, 9.17) is 17.3 Å². The molecular weight excluding hydrogens is 304 g/mol. The van der Waals surface area contributed by atoms with E-state index in [-0.39, 0.29) is 11.8 Å². The van der Waals surface area contributed by atoms with Crippen molar-refractivity contribution in [2.75, 3.05) is 11.9 Å². The van der Waals surface area contributed by atoms with Crippen LogP contribution in [-0.4, -0.2) is 12.5 Å². The molecule has 0 fully saturated rings. The zero-order chi connectivity index (χ0) is 12.8. The first-order valence-corrected chi connectivity index (χ1v) is 6.71. The number of anilines is 1. The van der Waals surface area contributed by atoms with Crippen molar-refractivity contribution in [1.82, 2.24) is 0 Å². The minimum absolute atomic E-state index is 0.0747. The Morgan fingerprint density at radius 1 is 1.59 bits per heavy atom. The van der Waals surface area contributed by atoms with Crippen LogP contribution in [-0.2, 0) is 4.79 Å². The number of benzene rings is 1. The highest BCUT2D eigenvalue weighted by Gasteiger charge is 2.16. The Balaban J connectivity index is 2.76. The van der Waals surface area contributed by atoms with E-state index in [1.807, 2.05) is 13.0 Å². The van der Waals surface area contributed by atoms with Gasteiger partial charge in [-0.3, -0.25) is 4.79 Å². The van der Waals surface area contributed by atoms with E-state index in [9.17, 15) is 4.79 Å². The molecule has 0 radical (unpaired) electrons. The Morgan fingerprint density at radius 2 is 2.29 bits per heavy atom. The van der Waals surface area contributed by atoms with Gasteiger partial charge in [-0.1, -0.05) is 40.9 Å². The monoisotopic (exact) mass is 318 g/mol. The SMILES string of the molecule is CCCC(CN)C(=O)Nc1cc(Br)ccc1Cl. The highest BCUT2D eigenvalue weighted by atomic mass is 79.9. The number of amides is 1. The lowest BCUT2D eigenvalue weighted by Crippen LogP contribution is -2.29. The molecule has 0 aliphatic rings. The lowest BCUT2D eigenvalue weighted by molar-refractivity contribution is -0.119. The number of rotatable bonds is 5. The summed E-state index contributed by atoms with van der Waals surface area (Å²) in [7, 11) is 0. The molecule has 0 saturated carbocycles. The van der Waals surface area contributed by atoms with Crippen LogP contribution in [0.4, 0.5) is 5.69 Å². The van der Waals surface area contributed by atoms with Gasteiger partial charge in [-0.25, -0.2) is 0 Å². The topological polar surface area (TPSA) is 55.1 Å². The minimum Gasteiger partial charge on any atom is -0.330 e. The average Bonchev–Trinajstić information content (AvgIpc) is 2.30. The third-order valence-corrected chi connectivity index (χ3v) is 3.30. The lowest BCUT2D eigenvalue weighted by atomic mass is 10.0. The first-order valence-electron chi connectivity index (χ1n) is 5.54. The van der Waals surface area contributed by atoms with Crippen LogP contribution in [0, 0.1) is 5.92 Å². The number of hydrogen-bond donors (Lipinski definition) is 2. The summed E-state index contributed by atoms with van der Waals surface area (Å²) >= 11 is 9.33. The van der Waals surface area contributed by atoms with Gasteiger partial charge in [0, 0.05) is 11.0 Å². The molecule has 94 valence electrons. The molecule has 3 N–H and O–H groups in total. The van der Waals surface area contributed by atoms with E-state index in [1.165, 1.54) is 0 Å². The molecular formula is C12H16BrClN2O. The summed E-state index contributed by atoms with van der Waals surface area (Å²) in [5, 5.41) is 3.33. The molecule has 17 heavy (non-hydrogen) atoms. The van der Waals surface area contributed by atoms with E-state index in [1.54, 1.807) is 12.1 Å². The molecule has 0 bridgehead atoms. The normalized spacial score (nSPS) is 12.2. The fourth-order valence-electron chi connectivity index (χ4n) is 1.53. The van der Waals surface area contributed by atoms with Gasteiger partial charge in [0.25, 0.3) is 0 Å². The molecule has 1 amide bonds. The molecule has 5 heteroatoms. The zero-order valence-electron chi connectivity index (χ0n) is 9.67. The van der Waals surface area contributed by atoms with Crippen LogP contribution in [0.1, 0.15) is 19.8 Å². The summed E-state index contributed by atoms with van der Waals surface area (Å²) in [6.07, 6.45) is 1.72. The van der Waals surface area contributed by atoms with Crippen molar-refractivity contribution < 1.29 is 4.79 Å². The van der Waals surface area contributed by atoms with Gasteiger partial charge in [0.15, 0.2) is 0 Å². The van der Waals surface area contributed by atoms with Crippen molar-refractivity contribution in [2.24, 2.45) is 11.7 Å². The van der Waals surface area contributed by atoms with Crippen LogP contribution in [0.3, 0.4) is 0 Å². The molecule has 0 spiro atoms. The molecule has 1 rings (SSSR count). The van der Waals surface area contributed by atoms with Gasteiger partial charge >= 0.3 is 0 Å². The Kier molecular flexibility index (Phi) is 5.95. The van der Waals surface area contributed by atoms with Gasteiger partial charge in [0.2, 0.25) is 5.91 Å². The molecule has 1 atom stereocenters. The number of carbonyl (C=O) groups is 1. The zero-order valence-corrected chi connectivity index (χ0v) is 12.0. The smallest absolute Gasteiger partial charge is 0.228 e. The van der Waals surface area contributed by atoms with Crippen LogP contribution >= 0.6 is 27.5 Å². The Morgan fingerprint density at radius 3 is 2.88 bits per heavy atom. The Labute approximate surface area is 115 Å². The summed E-state index contributed by atoms with van der Waals surface area (Å²) in [6, 6.07) is 5.34. The fraction of sp³-hybridized carbons (Fsp3) is 0.417. The summed E-state index contributed by atoms with van der Waals surface area (Å²) in [5.74, 6) is -0.232. The molecule has 0 aliphatic carbocycles. The van der Waals surface area contributed by atoms with Crippen LogP contribution in [0.15, 0.2) is 22.7 Å². The predicted molar refractivity (Wildman–Crippen MR) is 75.2 cm³/mol. The highest BCUT2D eigenvalue weighted by Crippen LogP contribution is 2.26. The average molecular weight is 320 g/mol. The van der Waals surface area contributed by atoms with Crippen LogP contribution in [0.5, 0.6) is 0 Å². The maximum atomic E-state index is 11.9. The molecule has 0 aliphatic heterocycles. The third-order valence-electron chi connectivity index (χ3n) is 2.48. The van der Waals surface area contributed by atoms with E-state index < -0.39 is 0 Å².